The number of benzene rings is 2. The second kappa shape index (κ2) is 7.25. The highest BCUT2D eigenvalue weighted by molar-refractivity contribution is 5.89. The van der Waals surface area contributed by atoms with E-state index in [0.717, 1.165) is 16.8 Å². The highest BCUT2D eigenvalue weighted by Crippen LogP contribution is 2.23. The summed E-state index contributed by atoms with van der Waals surface area (Å²) in [5, 5.41) is 3.93. The minimum atomic E-state index is -0.567. The lowest BCUT2D eigenvalue weighted by molar-refractivity contribution is 0.0457. The zero-order valence-electron chi connectivity index (χ0n) is 14.5. The van der Waals surface area contributed by atoms with Gasteiger partial charge in [-0.3, -0.25) is 4.98 Å². The predicted octanol–water partition coefficient (Wildman–Crippen LogP) is 3.65. The number of hydrogen-bond acceptors (Lipinski definition) is 7. The van der Waals surface area contributed by atoms with Crippen LogP contribution in [0, 0.1) is 0 Å². The van der Waals surface area contributed by atoms with E-state index in [1.165, 1.54) is 6.20 Å². The van der Waals surface area contributed by atoms with Crippen LogP contribution < -0.4 is 4.74 Å². The highest BCUT2D eigenvalue weighted by Gasteiger charge is 2.13. The largest absolute Gasteiger partial charge is 0.497 e. The first-order chi connectivity index (χ1) is 13.2. The molecule has 0 aliphatic rings. The van der Waals surface area contributed by atoms with Crippen LogP contribution in [0.3, 0.4) is 0 Å². The fraction of sp³-hybridized carbons (Fsp3) is 0.100. The van der Waals surface area contributed by atoms with Crippen molar-refractivity contribution in [2.75, 3.05) is 7.11 Å². The normalized spacial score (nSPS) is 10.7. The van der Waals surface area contributed by atoms with Gasteiger partial charge in [0.15, 0.2) is 11.5 Å². The molecule has 7 nitrogen and oxygen atoms in total. The maximum atomic E-state index is 12.2. The van der Waals surface area contributed by atoms with Crippen LogP contribution in [0.25, 0.3) is 22.4 Å². The summed E-state index contributed by atoms with van der Waals surface area (Å²) in [4.78, 5) is 20.7. The van der Waals surface area contributed by atoms with Crippen LogP contribution in [0.1, 0.15) is 16.2 Å². The van der Waals surface area contributed by atoms with E-state index < -0.39 is 5.97 Å². The third kappa shape index (κ3) is 3.62. The van der Waals surface area contributed by atoms with Gasteiger partial charge in [-0.15, -0.1) is 0 Å². The molecule has 0 N–H and O–H groups in total. The Morgan fingerprint density at radius 1 is 1.07 bits per heavy atom. The molecule has 0 bridgehead atoms. The molecule has 4 aromatic rings. The maximum Gasteiger partial charge on any atom is 0.358 e. The Morgan fingerprint density at radius 2 is 1.85 bits per heavy atom. The summed E-state index contributed by atoms with van der Waals surface area (Å²) >= 11 is 0. The molecule has 0 radical (unpaired) electrons. The van der Waals surface area contributed by atoms with Crippen LogP contribution >= 0.6 is 0 Å². The number of carbonyl (C=O) groups is 1. The summed E-state index contributed by atoms with van der Waals surface area (Å²) in [5.74, 6) is 0.764. The van der Waals surface area contributed by atoms with Gasteiger partial charge in [-0.05, 0) is 36.4 Å². The van der Waals surface area contributed by atoms with Gasteiger partial charge in [-0.25, -0.2) is 9.78 Å². The molecule has 4 rings (SSSR count). The summed E-state index contributed by atoms with van der Waals surface area (Å²) in [6.07, 6.45) is 1.40. The molecule has 2 heterocycles. The maximum absolute atomic E-state index is 12.2. The molecule has 0 unspecified atom stereocenters. The van der Waals surface area contributed by atoms with Crippen molar-refractivity contribution < 1.29 is 18.8 Å². The standard InChI is InChI=1S/C20H15N3O4/c1-25-15-8-6-13(7-9-15)19-10-14(23-27-19)12-26-20(24)18-11-21-16-4-2-3-5-17(16)22-18/h2-11H,12H2,1H3. The van der Waals surface area contributed by atoms with Gasteiger partial charge in [-0.2, -0.15) is 0 Å². The lowest BCUT2D eigenvalue weighted by Crippen LogP contribution is -2.08. The van der Waals surface area contributed by atoms with Gasteiger partial charge < -0.3 is 14.0 Å². The first-order valence-corrected chi connectivity index (χ1v) is 8.22. The zero-order valence-corrected chi connectivity index (χ0v) is 14.5. The van der Waals surface area contributed by atoms with Crippen molar-refractivity contribution in [3.8, 4) is 17.1 Å². The number of para-hydroxylation sites is 2. The van der Waals surface area contributed by atoms with E-state index in [4.69, 9.17) is 14.0 Å². The highest BCUT2D eigenvalue weighted by atomic mass is 16.5. The van der Waals surface area contributed by atoms with Crippen molar-refractivity contribution in [1.29, 1.82) is 0 Å². The number of ether oxygens (including phenoxy) is 2. The summed E-state index contributed by atoms with van der Waals surface area (Å²) in [6.45, 7) is -0.0208. The molecule has 0 amide bonds. The molecule has 2 aromatic carbocycles. The molecule has 0 fully saturated rings. The van der Waals surface area contributed by atoms with Crippen LogP contribution in [0.2, 0.25) is 0 Å². The molecule has 0 spiro atoms. The minimum Gasteiger partial charge on any atom is -0.497 e. The van der Waals surface area contributed by atoms with Crippen molar-refractivity contribution in [3.63, 3.8) is 0 Å². The molecular weight excluding hydrogens is 346 g/mol. The van der Waals surface area contributed by atoms with E-state index >= 15 is 0 Å². The van der Waals surface area contributed by atoms with E-state index in [9.17, 15) is 4.79 Å². The Hall–Kier alpha value is -3.74. The average molecular weight is 361 g/mol. The van der Waals surface area contributed by atoms with Crippen LogP contribution in [0.15, 0.2) is 65.3 Å². The van der Waals surface area contributed by atoms with Gasteiger partial charge in [0.1, 0.15) is 18.1 Å². The summed E-state index contributed by atoms with van der Waals surface area (Å²) < 4.78 is 15.7. The topological polar surface area (TPSA) is 87.3 Å². The van der Waals surface area contributed by atoms with Crippen LogP contribution in [0.4, 0.5) is 0 Å². The Labute approximate surface area is 154 Å². The van der Waals surface area contributed by atoms with Crippen LogP contribution in [0.5, 0.6) is 5.75 Å². The quantitative estimate of drug-likeness (QED) is 0.501. The Kier molecular flexibility index (Phi) is 4.49. The van der Waals surface area contributed by atoms with E-state index in [0.29, 0.717) is 17.0 Å². The van der Waals surface area contributed by atoms with Crippen molar-refractivity contribution in [2.24, 2.45) is 0 Å². The molecule has 0 aliphatic carbocycles. The van der Waals surface area contributed by atoms with Gasteiger partial charge in [0.05, 0.1) is 24.3 Å². The number of aromatic nitrogens is 3. The molecule has 0 saturated heterocycles. The van der Waals surface area contributed by atoms with E-state index in [1.54, 1.807) is 19.2 Å². The third-order valence-electron chi connectivity index (χ3n) is 3.94. The minimum absolute atomic E-state index is 0.0208. The molecule has 0 atom stereocenters. The molecule has 134 valence electrons. The van der Waals surface area contributed by atoms with Gasteiger partial charge >= 0.3 is 5.97 Å². The van der Waals surface area contributed by atoms with E-state index in [-0.39, 0.29) is 12.3 Å². The van der Waals surface area contributed by atoms with Crippen molar-refractivity contribution in [2.45, 2.75) is 6.61 Å². The summed E-state index contributed by atoms with van der Waals surface area (Å²) in [5.41, 5.74) is 2.85. The average Bonchev–Trinajstić information content (AvgIpc) is 3.21. The molecule has 0 aliphatic heterocycles. The van der Waals surface area contributed by atoms with Crippen LogP contribution in [-0.4, -0.2) is 28.2 Å². The zero-order chi connectivity index (χ0) is 18.6. The van der Waals surface area contributed by atoms with E-state index in [2.05, 4.69) is 15.1 Å². The lowest BCUT2D eigenvalue weighted by atomic mass is 10.1. The SMILES string of the molecule is COc1ccc(-c2cc(COC(=O)c3cnc4ccccc4n3)no2)cc1. The Bertz CT molecular complexity index is 1090. The lowest BCUT2D eigenvalue weighted by Gasteiger charge is -2.02. The fourth-order valence-corrected chi connectivity index (χ4v) is 2.54. The fourth-order valence-electron chi connectivity index (χ4n) is 2.54. The summed E-state index contributed by atoms with van der Waals surface area (Å²) in [6, 6.07) is 16.4. The van der Waals surface area contributed by atoms with Crippen molar-refractivity contribution in [3.05, 3.63) is 72.2 Å². The number of fused-ring (bicyclic) bond motifs is 1. The number of esters is 1. The first-order valence-electron chi connectivity index (χ1n) is 8.22. The second-order valence-electron chi connectivity index (χ2n) is 5.73. The predicted molar refractivity (Wildman–Crippen MR) is 97.1 cm³/mol. The van der Waals surface area contributed by atoms with Crippen LogP contribution in [-0.2, 0) is 11.3 Å². The van der Waals surface area contributed by atoms with Gasteiger partial charge in [0.2, 0.25) is 0 Å². The number of rotatable bonds is 5. The number of carbonyl (C=O) groups excluding carboxylic acids is 1. The number of hydrogen-bond donors (Lipinski definition) is 0. The van der Waals surface area contributed by atoms with Gasteiger partial charge in [0, 0.05) is 11.6 Å². The Balaban J connectivity index is 1.43. The summed E-state index contributed by atoms with van der Waals surface area (Å²) in [7, 11) is 1.61. The third-order valence-corrected chi connectivity index (χ3v) is 3.94. The smallest absolute Gasteiger partial charge is 0.358 e. The monoisotopic (exact) mass is 361 g/mol. The van der Waals surface area contributed by atoms with Gasteiger partial charge in [-0.1, -0.05) is 17.3 Å². The van der Waals surface area contributed by atoms with Crippen molar-refractivity contribution >= 4 is 17.0 Å². The molecule has 27 heavy (non-hydrogen) atoms. The molecular formula is C20H15N3O4. The Morgan fingerprint density at radius 3 is 2.63 bits per heavy atom. The molecule has 2 aromatic heterocycles. The second-order valence-corrected chi connectivity index (χ2v) is 5.73. The number of methoxy groups -OCH3 is 1. The van der Waals surface area contributed by atoms with E-state index in [1.807, 2.05) is 42.5 Å². The first kappa shape index (κ1) is 16.7. The van der Waals surface area contributed by atoms with Crippen molar-refractivity contribution in [1.82, 2.24) is 15.1 Å². The molecule has 7 heteroatoms. The van der Waals surface area contributed by atoms with Gasteiger partial charge in [0.25, 0.3) is 0 Å². The number of nitrogens with zero attached hydrogens (tertiary/aromatic N) is 3. The molecule has 0 saturated carbocycles.